The van der Waals surface area contributed by atoms with Crippen molar-refractivity contribution in [3.63, 3.8) is 0 Å². The Kier molecular flexibility index (Phi) is 3.03. The van der Waals surface area contributed by atoms with Crippen LogP contribution in [0, 0.1) is 0 Å². The van der Waals surface area contributed by atoms with Gasteiger partial charge in [0, 0.05) is 0 Å². The Morgan fingerprint density at radius 1 is 1.40 bits per heavy atom. The number of amides is 1. The van der Waals surface area contributed by atoms with Gasteiger partial charge in [0.2, 0.25) is 0 Å². The second kappa shape index (κ2) is 3.80. The molecule has 0 aromatic heterocycles. The Morgan fingerprint density at radius 2 is 2.00 bits per heavy atom. The third-order valence-corrected chi connectivity index (χ3v) is 4.19. The van der Waals surface area contributed by atoms with Crippen molar-refractivity contribution >= 4 is 21.7 Å². The predicted molar refractivity (Wildman–Crippen MR) is 51.8 cm³/mol. The van der Waals surface area contributed by atoms with Gasteiger partial charge in [-0.15, -0.1) is 0 Å². The fourth-order valence-corrected chi connectivity index (χ4v) is 3.62. The molecule has 1 amide bonds. The predicted octanol–water partition coefficient (Wildman–Crippen LogP) is -1.15. The monoisotopic (exact) mass is 235 g/mol. The van der Waals surface area contributed by atoms with E-state index in [1.807, 2.05) is 0 Å². The summed E-state index contributed by atoms with van der Waals surface area (Å²) in [6, 6.07) is 0. The van der Waals surface area contributed by atoms with Crippen LogP contribution < -0.4 is 5.32 Å². The van der Waals surface area contributed by atoms with E-state index >= 15 is 0 Å². The van der Waals surface area contributed by atoms with Gasteiger partial charge < -0.3 is 10.1 Å². The summed E-state index contributed by atoms with van der Waals surface area (Å²) in [5, 5.41) is 2.37. The number of esters is 1. The van der Waals surface area contributed by atoms with Crippen molar-refractivity contribution < 1.29 is 22.7 Å². The largest absolute Gasteiger partial charge is 0.462 e. The van der Waals surface area contributed by atoms with Crippen molar-refractivity contribution in [1.82, 2.24) is 5.32 Å². The molecule has 1 rings (SSSR count). The fraction of sp³-hybridized carbons (Fsp3) is 0.750. The average molecular weight is 235 g/mol. The molecule has 0 spiro atoms. The molecule has 1 unspecified atom stereocenters. The van der Waals surface area contributed by atoms with Crippen molar-refractivity contribution in [3.8, 4) is 0 Å². The minimum absolute atomic E-state index is 0.0327. The van der Waals surface area contributed by atoms with Gasteiger partial charge in [-0.05, 0) is 13.3 Å². The highest BCUT2D eigenvalue weighted by atomic mass is 32.2. The molecule has 0 bridgehead atoms. The van der Waals surface area contributed by atoms with Crippen LogP contribution in [0.2, 0.25) is 0 Å². The molecule has 1 heterocycles. The number of carbonyl (C=O) groups excluding carboxylic acids is 2. The molecule has 1 saturated heterocycles. The van der Waals surface area contributed by atoms with Crippen LogP contribution in [0.15, 0.2) is 0 Å². The molecule has 86 valence electrons. The van der Waals surface area contributed by atoms with Gasteiger partial charge in [-0.2, -0.15) is 0 Å². The number of nitrogens with one attached hydrogen (secondary N) is 1. The van der Waals surface area contributed by atoms with Gasteiger partial charge in [-0.25, -0.2) is 13.2 Å². The van der Waals surface area contributed by atoms with E-state index in [0.717, 1.165) is 7.11 Å². The molecule has 7 heteroatoms. The Bertz CT molecular complexity index is 388. The maximum atomic E-state index is 11.2. The Morgan fingerprint density at radius 3 is 2.40 bits per heavy atom. The smallest absolute Gasteiger partial charge is 0.396 e. The first-order valence-corrected chi connectivity index (χ1v) is 6.21. The summed E-state index contributed by atoms with van der Waals surface area (Å²) in [7, 11) is -2.01. The van der Waals surface area contributed by atoms with Crippen LogP contribution in [0.3, 0.4) is 0 Å². The summed E-state index contributed by atoms with van der Waals surface area (Å²) < 4.78 is 26.6. The van der Waals surface area contributed by atoms with Crippen LogP contribution in [0.5, 0.6) is 0 Å². The van der Waals surface area contributed by atoms with Gasteiger partial charge in [0.1, 0.15) is 0 Å². The zero-order valence-electron chi connectivity index (χ0n) is 8.57. The van der Waals surface area contributed by atoms with Crippen molar-refractivity contribution in [1.29, 1.82) is 0 Å². The van der Waals surface area contributed by atoms with Crippen molar-refractivity contribution in [2.24, 2.45) is 0 Å². The fourth-order valence-electron chi connectivity index (χ4n) is 1.53. The molecule has 1 aliphatic heterocycles. The summed E-state index contributed by atoms with van der Waals surface area (Å²) in [6.07, 6.45) is 0.318. The number of ether oxygens (including phenoxy) is 1. The first-order chi connectivity index (χ1) is 6.78. The lowest BCUT2D eigenvalue weighted by atomic mass is 10.0. The molecule has 1 N–H and O–H groups in total. The second-order valence-corrected chi connectivity index (χ2v) is 6.03. The molecular formula is C8H13NO5S. The van der Waals surface area contributed by atoms with E-state index in [0.29, 0.717) is 6.42 Å². The highest BCUT2D eigenvalue weighted by Gasteiger charge is 2.40. The van der Waals surface area contributed by atoms with Gasteiger partial charge in [-0.1, -0.05) is 0 Å². The SMILES string of the molecule is COC(=O)C(=O)NC1(C)CCS(=O)(=O)C1. The van der Waals surface area contributed by atoms with Crippen LogP contribution in [0.4, 0.5) is 0 Å². The summed E-state index contributed by atoms with van der Waals surface area (Å²) in [6.45, 7) is 1.60. The van der Waals surface area contributed by atoms with Gasteiger partial charge in [0.25, 0.3) is 0 Å². The standard InChI is InChI=1S/C8H13NO5S/c1-8(3-4-15(12,13)5-8)9-6(10)7(11)14-2/h3-5H2,1-2H3,(H,9,10). The van der Waals surface area contributed by atoms with Gasteiger partial charge in [-0.3, -0.25) is 4.79 Å². The molecule has 0 radical (unpaired) electrons. The highest BCUT2D eigenvalue weighted by molar-refractivity contribution is 7.91. The van der Waals surface area contributed by atoms with Crippen molar-refractivity contribution in [3.05, 3.63) is 0 Å². The molecule has 0 aliphatic carbocycles. The van der Waals surface area contributed by atoms with E-state index < -0.39 is 27.3 Å². The van der Waals surface area contributed by atoms with Gasteiger partial charge >= 0.3 is 11.9 Å². The first-order valence-electron chi connectivity index (χ1n) is 4.39. The zero-order valence-corrected chi connectivity index (χ0v) is 9.39. The third-order valence-electron chi connectivity index (χ3n) is 2.29. The van der Waals surface area contributed by atoms with Crippen molar-refractivity contribution in [2.45, 2.75) is 18.9 Å². The van der Waals surface area contributed by atoms with Crippen LogP contribution in [-0.4, -0.2) is 44.4 Å². The maximum absolute atomic E-state index is 11.2. The lowest BCUT2D eigenvalue weighted by Crippen LogP contribution is -2.49. The molecule has 6 nitrogen and oxygen atoms in total. The molecular weight excluding hydrogens is 222 g/mol. The van der Waals surface area contributed by atoms with Crippen LogP contribution >= 0.6 is 0 Å². The Hall–Kier alpha value is -1.11. The second-order valence-electron chi connectivity index (χ2n) is 3.85. The quantitative estimate of drug-likeness (QED) is 0.458. The Balaban J connectivity index is 2.67. The van der Waals surface area contributed by atoms with Crippen LogP contribution in [-0.2, 0) is 24.2 Å². The number of sulfone groups is 1. The Labute approximate surface area is 87.9 Å². The first kappa shape index (κ1) is 12.0. The number of methoxy groups -OCH3 is 1. The summed E-state index contributed by atoms with van der Waals surface area (Å²) in [4.78, 5) is 22.0. The van der Waals surface area contributed by atoms with E-state index in [1.165, 1.54) is 0 Å². The molecule has 1 fully saturated rings. The average Bonchev–Trinajstić information content (AvgIpc) is 2.39. The number of hydrogen-bond donors (Lipinski definition) is 1. The maximum Gasteiger partial charge on any atom is 0.396 e. The third kappa shape index (κ3) is 2.92. The van der Waals surface area contributed by atoms with E-state index in [2.05, 4.69) is 10.1 Å². The molecule has 15 heavy (non-hydrogen) atoms. The van der Waals surface area contributed by atoms with E-state index in [9.17, 15) is 18.0 Å². The molecule has 0 aromatic carbocycles. The summed E-state index contributed by atoms with van der Waals surface area (Å²) in [5.74, 6) is -2.02. The van der Waals surface area contributed by atoms with Gasteiger partial charge in [0.05, 0.1) is 24.2 Å². The minimum atomic E-state index is -3.10. The van der Waals surface area contributed by atoms with Gasteiger partial charge in [0.15, 0.2) is 9.84 Å². The molecule has 1 atom stereocenters. The van der Waals surface area contributed by atoms with Crippen molar-refractivity contribution in [2.75, 3.05) is 18.6 Å². The summed E-state index contributed by atoms with van der Waals surface area (Å²) >= 11 is 0. The van der Waals surface area contributed by atoms with Crippen LogP contribution in [0.25, 0.3) is 0 Å². The minimum Gasteiger partial charge on any atom is -0.462 e. The normalized spacial score (nSPS) is 28.4. The topological polar surface area (TPSA) is 89.5 Å². The molecule has 1 aliphatic rings. The zero-order chi connectivity index (χ0) is 11.7. The number of carbonyl (C=O) groups is 2. The summed E-state index contributed by atoms with van der Waals surface area (Å²) in [5.41, 5.74) is -0.857. The molecule has 0 aromatic rings. The number of hydrogen-bond acceptors (Lipinski definition) is 5. The van der Waals surface area contributed by atoms with Crippen LogP contribution in [0.1, 0.15) is 13.3 Å². The lowest BCUT2D eigenvalue weighted by Gasteiger charge is -2.22. The van der Waals surface area contributed by atoms with E-state index in [1.54, 1.807) is 6.92 Å². The van der Waals surface area contributed by atoms with E-state index in [4.69, 9.17) is 0 Å². The lowest BCUT2D eigenvalue weighted by molar-refractivity contribution is -0.153. The number of rotatable bonds is 1. The van der Waals surface area contributed by atoms with E-state index in [-0.39, 0.29) is 11.5 Å². The highest BCUT2D eigenvalue weighted by Crippen LogP contribution is 2.22. The molecule has 0 saturated carbocycles.